The average Bonchev–Trinajstić information content (AvgIpc) is 2.21. The van der Waals surface area contributed by atoms with E-state index in [4.69, 9.17) is 5.73 Å². The molecule has 0 aliphatic heterocycles. The highest BCUT2D eigenvalue weighted by atomic mass is 19.1. The zero-order valence-corrected chi connectivity index (χ0v) is 8.46. The highest BCUT2D eigenvalue weighted by Gasteiger charge is 1.97. The fraction of sp³-hybridized carbons (Fsp3) is 0.455. The van der Waals surface area contributed by atoms with Crippen molar-refractivity contribution in [3.63, 3.8) is 0 Å². The third-order valence-electron chi connectivity index (χ3n) is 2.17. The van der Waals surface area contributed by atoms with Crippen molar-refractivity contribution < 1.29 is 4.39 Å². The number of hydrogen-bond acceptors (Lipinski definition) is 2. The summed E-state index contributed by atoms with van der Waals surface area (Å²) in [7, 11) is 0. The summed E-state index contributed by atoms with van der Waals surface area (Å²) in [6, 6.07) is 6.94. The molecule has 0 saturated carbocycles. The smallest absolute Gasteiger partial charge is 0.123 e. The SMILES string of the molecule is CC(CN)NCCc1ccc(F)cc1. The summed E-state index contributed by atoms with van der Waals surface area (Å²) in [4.78, 5) is 0. The first-order valence-electron chi connectivity index (χ1n) is 4.90. The minimum absolute atomic E-state index is 0.183. The second-order valence-electron chi connectivity index (χ2n) is 3.47. The van der Waals surface area contributed by atoms with Crippen molar-refractivity contribution in [2.24, 2.45) is 5.73 Å². The molecule has 3 N–H and O–H groups in total. The molecule has 14 heavy (non-hydrogen) atoms. The Kier molecular flexibility index (Phi) is 4.56. The maximum absolute atomic E-state index is 12.6. The molecule has 1 rings (SSSR count). The van der Waals surface area contributed by atoms with Crippen molar-refractivity contribution >= 4 is 0 Å². The second kappa shape index (κ2) is 5.73. The summed E-state index contributed by atoms with van der Waals surface area (Å²) in [6.07, 6.45) is 0.907. The fourth-order valence-electron chi connectivity index (χ4n) is 1.20. The molecule has 0 fully saturated rings. The fourth-order valence-corrected chi connectivity index (χ4v) is 1.20. The van der Waals surface area contributed by atoms with Crippen LogP contribution in [0.2, 0.25) is 0 Å². The Hall–Kier alpha value is -0.930. The van der Waals surface area contributed by atoms with E-state index in [9.17, 15) is 4.39 Å². The molecule has 0 aliphatic carbocycles. The van der Waals surface area contributed by atoms with Crippen molar-refractivity contribution in [3.8, 4) is 0 Å². The van der Waals surface area contributed by atoms with Gasteiger partial charge in [-0.05, 0) is 37.6 Å². The quantitative estimate of drug-likeness (QED) is 0.745. The van der Waals surface area contributed by atoms with Crippen LogP contribution < -0.4 is 11.1 Å². The van der Waals surface area contributed by atoms with Crippen LogP contribution >= 0.6 is 0 Å². The first-order valence-corrected chi connectivity index (χ1v) is 4.90. The van der Waals surface area contributed by atoms with E-state index in [1.54, 1.807) is 0 Å². The zero-order chi connectivity index (χ0) is 10.4. The summed E-state index contributed by atoms with van der Waals surface area (Å²) >= 11 is 0. The maximum Gasteiger partial charge on any atom is 0.123 e. The topological polar surface area (TPSA) is 38.0 Å². The van der Waals surface area contributed by atoms with Gasteiger partial charge in [0.15, 0.2) is 0 Å². The third-order valence-corrected chi connectivity index (χ3v) is 2.17. The van der Waals surface area contributed by atoms with Gasteiger partial charge >= 0.3 is 0 Å². The van der Waals surface area contributed by atoms with Gasteiger partial charge in [-0.1, -0.05) is 12.1 Å². The predicted molar refractivity (Wildman–Crippen MR) is 56.6 cm³/mol. The molecule has 0 saturated heterocycles. The molecule has 1 atom stereocenters. The Labute approximate surface area is 84.3 Å². The highest BCUT2D eigenvalue weighted by Crippen LogP contribution is 2.02. The van der Waals surface area contributed by atoms with Gasteiger partial charge in [0.2, 0.25) is 0 Å². The minimum Gasteiger partial charge on any atom is -0.329 e. The van der Waals surface area contributed by atoms with Crippen molar-refractivity contribution in [2.45, 2.75) is 19.4 Å². The van der Waals surface area contributed by atoms with Crippen LogP contribution in [0.4, 0.5) is 4.39 Å². The van der Waals surface area contributed by atoms with Gasteiger partial charge in [0.05, 0.1) is 0 Å². The molecule has 0 aliphatic rings. The lowest BCUT2D eigenvalue weighted by Gasteiger charge is -2.10. The molecule has 0 amide bonds. The molecule has 0 bridgehead atoms. The first kappa shape index (κ1) is 11.1. The van der Waals surface area contributed by atoms with E-state index in [0.29, 0.717) is 12.6 Å². The van der Waals surface area contributed by atoms with Crippen molar-refractivity contribution in [2.75, 3.05) is 13.1 Å². The second-order valence-corrected chi connectivity index (χ2v) is 3.47. The molecule has 2 nitrogen and oxygen atoms in total. The molecule has 0 heterocycles. The number of nitrogens with one attached hydrogen (secondary N) is 1. The lowest BCUT2D eigenvalue weighted by atomic mass is 10.1. The molecule has 78 valence electrons. The van der Waals surface area contributed by atoms with E-state index in [1.807, 2.05) is 19.1 Å². The molecule has 1 aromatic carbocycles. The summed E-state index contributed by atoms with van der Waals surface area (Å²) in [5.41, 5.74) is 6.60. The van der Waals surface area contributed by atoms with E-state index in [-0.39, 0.29) is 5.82 Å². The van der Waals surface area contributed by atoms with Crippen LogP contribution in [-0.4, -0.2) is 19.1 Å². The van der Waals surface area contributed by atoms with Crippen LogP contribution in [0.5, 0.6) is 0 Å². The molecular weight excluding hydrogens is 179 g/mol. The Bertz CT molecular complexity index is 258. The molecular formula is C11H17FN2. The lowest BCUT2D eigenvalue weighted by molar-refractivity contribution is 0.558. The summed E-state index contributed by atoms with van der Waals surface area (Å²) in [5, 5.41) is 3.28. The summed E-state index contributed by atoms with van der Waals surface area (Å²) in [5.74, 6) is -0.183. The van der Waals surface area contributed by atoms with E-state index in [1.165, 1.54) is 12.1 Å². The monoisotopic (exact) mass is 196 g/mol. The van der Waals surface area contributed by atoms with E-state index in [2.05, 4.69) is 5.32 Å². The Morgan fingerprint density at radius 3 is 2.57 bits per heavy atom. The lowest BCUT2D eigenvalue weighted by Crippen LogP contribution is -2.34. The maximum atomic E-state index is 12.6. The van der Waals surface area contributed by atoms with Crippen molar-refractivity contribution in [1.82, 2.24) is 5.32 Å². The molecule has 0 aromatic heterocycles. The van der Waals surface area contributed by atoms with Crippen molar-refractivity contribution in [3.05, 3.63) is 35.6 Å². The highest BCUT2D eigenvalue weighted by molar-refractivity contribution is 5.16. The van der Waals surface area contributed by atoms with Gasteiger partial charge in [-0.15, -0.1) is 0 Å². The van der Waals surface area contributed by atoms with Crippen LogP contribution in [-0.2, 0) is 6.42 Å². The van der Waals surface area contributed by atoms with Gasteiger partial charge in [-0.3, -0.25) is 0 Å². The van der Waals surface area contributed by atoms with E-state index in [0.717, 1.165) is 18.5 Å². The van der Waals surface area contributed by atoms with Gasteiger partial charge < -0.3 is 11.1 Å². The number of benzene rings is 1. The molecule has 0 spiro atoms. The standard InChI is InChI=1S/C11H17FN2/c1-9(8-13)14-7-6-10-2-4-11(12)5-3-10/h2-5,9,14H,6-8,13H2,1H3. The van der Waals surface area contributed by atoms with Crippen LogP contribution in [0.15, 0.2) is 24.3 Å². The Morgan fingerprint density at radius 2 is 2.00 bits per heavy atom. The van der Waals surface area contributed by atoms with Crippen LogP contribution in [0, 0.1) is 5.82 Å². The largest absolute Gasteiger partial charge is 0.329 e. The van der Waals surface area contributed by atoms with Gasteiger partial charge in [-0.2, -0.15) is 0 Å². The van der Waals surface area contributed by atoms with Gasteiger partial charge in [0.1, 0.15) is 5.82 Å². The molecule has 3 heteroatoms. The summed E-state index contributed by atoms with van der Waals surface area (Å²) < 4.78 is 12.6. The third kappa shape index (κ3) is 3.85. The first-order chi connectivity index (χ1) is 6.72. The van der Waals surface area contributed by atoms with Crippen molar-refractivity contribution in [1.29, 1.82) is 0 Å². The summed E-state index contributed by atoms with van der Waals surface area (Å²) in [6.45, 7) is 3.57. The minimum atomic E-state index is -0.183. The normalized spacial score (nSPS) is 12.8. The van der Waals surface area contributed by atoms with E-state index >= 15 is 0 Å². The average molecular weight is 196 g/mol. The number of nitrogens with two attached hydrogens (primary N) is 1. The van der Waals surface area contributed by atoms with Crippen LogP contribution in [0.25, 0.3) is 0 Å². The Morgan fingerprint density at radius 1 is 1.36 bits per heavy atom. The molecule has 1 aromatic rings. The van der Waals surface area contributed by atoms with Gasteiger partial charge in [0, 0.05) is 12.6 Å². The van der Waals surface area contributed by atoms with E-state index < -0.39 is 0 Å². The molecule has 1 unspecified atom stereocenters. The number of halogens is 1. The zero-order valence-electron chi connectivity index (χ0n) is 8.46. The Balaban J connectivity index is 2.28. The van der Waals surface area contributed by atoms with Crippen LogP contribution in [0.1, 0.15) is 12.5 Å². The molecule has 0 radical (unpaired) electrons. The van der Waals surface area contributed by atoms with Gasteiger partial charge in [-0.25, -0.2) is 4.39 Å². The number of rotatable bonds is 5. The predicted octanol–water partition coefficient (Wildman–Crippen LogP) is 1.30. The van der Waals surface area contributed by atoms with Crippen LogP contribution in [0.3, 0.4) is 0 Å². The number of hydrogen-bond donors (Lipinski definition) is 2. The van der Waals surface area contributed by atoms with Gasteiger partial charge in [0.25, 0.3) is 0 Å².